The first-order chi connectivity index (χ1) is 31.7. The van der Waals surface area contributed by atoms with E-state index in [0.717, 1.165) is 28.4 Å². The van der Waals surface area contributed by atoms with E-state index in [1.165, 1.54) is 86.4 Å². The van der Waals surface area contributed by atoms with Crippen molar-refractivity contribution in [3.63, 3.8) is 0 Å². The zero-order valence-corrected chi connectivity index (χ0v) is 35.6. The van der Waals surface area contributed by atoms with Crippen LogP contribution in [0.15, 0.2) is 246 Å². The van der Waals surface area contributed by atoms with E-state index in [1.54, 1.807) is 0 Å². The van der Waals surface area contributed by atoms with Gasteiger partial charge in [-0.2, -0.15) is 0 Å². The number of benzene rings is 11. The molecule has 1 aliphatic heterocycles. The zero-order chi connectivity index (χ0) is 42.1. The van der Waals surface area contributed by atoms with Crippen molar-refractivity contribution < 1.29 is 0 Å². The minimum atomic E-state index is 1.11. The highest BCUT2D eigenvalue weighted by atomic mass is 32.2. The lowest BCUT2D eigenvalue weighted by atomic mass is 9.94. The number of anilines is 6. The van der Waals surface area contributed by atoms with Gasteiger partial charge in [-0.3, -0.25) is 0 Å². The largest absolute Gasteiger partial charge is 0.311 e. The van der Waals surface area contributed by atoms with Crippen molar-refractivity contribution in [3.8, 4) is 16.8 Å². The molecule has 2 heterocycles. The van der Waals surface area contributed by atoms with Crippen LogP contribution in [0.5, 0.6) is 0 Å². The minimum Gasteiger partial charge on any atom is -0.311 e. The summed E-state index contributed by atoms with van der Waals surface area (Å²) in [5.41, 5.74) is 12.8. The lowest BCUT2D eigenvalue weighted by Crippen LogP contribution is -2.15. The Hall–Kier alpha value is -8.05. The second-order valence-electron chi connectivity index (χ2n) is 16.5. The van der Waals surface area contributed by atoms with Crippen LogP contribution in [0.1, 0.15) is 0 Å². The monoisotopic (exact) mass is 833 g/mol. The number of para-hydroxylation sites is 4. The standard InChI is InChI=1S/C60H39N3S/c1-3-15-42(16-4-1)61(43-17-5-2-6-18-43)44-29-31-45(32-30-44)62-57-25-13-14-26-59(57)64-60-38-41(28-36-58(60)62)40-27-35-56-54(37-40)52-23-11-12-24-55(52)63(56)46-33-34-51-49-21-8-7-19-47(49)48-20-9-10-22-50(48)53(51)39-46/h1-39H. The Morgan fingerprint density at radius 1 is 0.297 bits per heavy atom. The van der Waals surface area contributed by atoms with Gasteiger partial charge < -0.3 is 14.4 Å². The van der Waals surface area contributed by atoms with E-state index in [9.17, 15) is 0 Å². The Morgan fingerprint density at radius 2 is 0.797 bits per heavy atom. The smallest absolute Gasteiger partial charge is 0.0602 e. The van der Waals surface area contributed by atoms with Crippen LogP contribution >= 0.6 is 11.8 Å². The van der Waals surface area contributed by atoms with Gasteiger partial charge in [-0.25, -0.2) is 0 Å². The lowest BCUT2D eigenvalue weighted by Gasteiger charge is -2.33. The predicted molar refractivity (Wildman–Crippen MR) is 272 cm³/mol. The molecule has 0 saturated carbocycles. The van der Waals surface area contributed by atoms with E-state index in [2.05, 4.69) is 251 Å². The van der Waals surface area contributed by atoms with Gasteiger partial charge in [0.2, 0.25) is 0 Å². The molecule has 0 N–H and O–H groups in total. The van der Waals surface area contributed by atoms with Gasteiger partial charge in [0, 0.05) is 49.0 Å². The van der Waals surface area contributed by atoms with Gasteiger partial charge in [0.15, 0.2) is 0 Å². The van der Waals surface area contributed by atoms with Crippen molar-refractivity contribution in [3.05, 3.63) is 237 Å². The molecule has 0 fully saturated rings. The van der Waals surface area contributed by atoms with Gasteiger partial charge in [0.25, 0.3) is 0 Å². The van der Waals surface area contributed by atoms with Gasteiger partial charge in [0.1, 0.15) is 0 Å². The topological polar surface area (TPSA) is 11.4 Å². The minimum absolute atomic E-state index is 1.11. The number of nitrogens with zero attached hydrogens (tertiary/aromatic N) is 3. The highest BCUT2D eigenvalue weighted by molar-refractivity contribution is 7.99. The molecule has 0 saturated heterocycles. The number of rotatable bonds is 6. The van der Waals surface area contributed by atoms with Crippen molar-refractivity contribution in [1.29, 1.82) is 0 Å². The predicted octanol–water partition coefficient (Wildman–Crippen LogP) is 17.3. The summed E-state index contributed by atoms with van der Waals surface area (Å²) in [7, 11) is 0. The van der Waals surface area contributed by atoms with Gasteiger partial charge in [-0.05, 0) is 147 Å². The molecule has 0 bridgehead atoms. The maximum atomic E-state index is 2.44. The third kappa shape index (κ3) is 5.84. The van der Waals surface area contributed by atoms with E-state index in [0.29, 0.717) is 0 Å². The Morgan fingerprint density at radius 3 is 1.50 bits per heavy atom. The van der Waals surface area contributed by atoms with Crippen molar-refractivity contribution >= 4 is 100 Å². The van der Waals surface area contributed by atoms with E-state index >= 15 is 0 Å². The Balaban J connectivity index is 0.901. The number of fused-ring (bicyclic) bond motifs is 11. The summed E-state index contributed by atoms with van der Waals surface area (Å²) < 4.78 is 2.44. The highest BCUT2D eigenvalue weighted by Gasteiger charge is 2.26. The van der Waals surface area contributed by atoms with Crippen molar-refractivity contribution in [2.45, 2.75) is 9.79 Å². The van der Waals surface area contributed by atoms with Crippen LogP contribution < -0.4 is 9.80 Å². The fraction of sp³-hybridized carbons (Fsp3) is 0. The zero-order valence-electron chi connectivity index (χ0n) is 34.8. The van der Waals surface area contributed by atoms with Gasteiger partial charge in [0.05, 0.1) is 22.4 Å². The average molecular weight is 834 g/mol. The molecule has 12 aromatic rings. The number of hydrogen-bond acceptors (Lipinski definition) is 3. The average Bonchev–Trinajstić information content (AvgIpc) is 3.70. The van der Waals surface area contributed by atoms with Crippen LogP contribution in [0.3, 0.4) is 0 Å². The Labute approximate surface area is 375 Å². The van der Waals surface area contributed by atoms with Crippen LogP contribution in [-0.4, -0.2) is 4.57 Å². The fourth-order valence-corrected chi connectivity index (χ4v) is 11.1. The third-order valence-corrected chi connectivity index (χ3v) is 14.0. The fourth-order valence-electron chi connectivity index (χ4n) is 10.0. The van der Waals surface area contributed by atoms with E-state index < -0.39 is 0 Å². The molecule has 1 aromatic heterocycles. The maximum absolute atomic E-state index is 2.44. The summed E-state index contributed by atoms with van der Waals surface area (Å²) in [6.45, 7) is 0. The van der Waals surface area contributed by atoms with Crippen LogP contribution in [0.4, 0.5) is 34.1 Å². The first-order valence-corrected chi connectivity index (χ1v) is 22.7. The molecule has 0 aliphatic carbocycles. The van der Waals surface area contributed by atoms with Crippen molar-refractivity contribution in [1.82, 2.24) is 4.57 Å². The number of hydrogen-bond donors (Lipinski definition) is 0. The molecule has 64 heavy (non-hydrogen) atoms. The van der Waals surface area contributed by atoms with Crippen LogP contribution in [0, 0.1) is 0 Å². The molecule has 3 nitrogen and oxygen atoms in total. The summed E-state index contributed by atoms with van der Waals surface area (Å²) in [6, 6.07) is 86.4. The molecular weight excluding hydrogens is 795 g/mol. The van der Waals surface area contributed by atoms with Crippen LogP contribution in [-0.2, 0) is 0 Å². The molecule has 1 aliphatic rings. The van der Waals surface area contributed by atoms with Crippen molar-refractivity contribution in [2.24, 2.45) is 0 Å². The molecule has 0 unspecified atom stereocenters. The molecule has 300 valence electrons. The second kappa shape index (κ2) is 14.8. The summed E-state index contributed by atoms with van der Waals surface area (Å²) >= 11 is 1.85. The molecule has 4 heteroatoms. The second-order valence-corrected chi connectivity index (χ2v) is 17.6. The first kappa shape index (κ1) is 36.6. The molecule has 0 spiro atoms. The number of aromatic nitrogens is 1. The molecule has 0 amide bonds. The Bertz CT molecular complexity index is 3690. The van der Waals surface area contributed by atoms with E-state index in [-0.39, 0.29) is 0 Å². The SMILES string of the molecule is c1ccc(N(c2ccccc2)c2ccc(N3c4ccccc4Sc4cc(-c5ccc6c(c5)c5ccccc5n6-c5ccc6c7ccccc7c7ccccc7c6c5)ccc43)cc2)cc1. The van der Waals surface area contributed by atoms with Gasteiger partial charge in [-0.1, -0.05) is 145 Å². The van der Waals surface area contributed by atoms with Crippen LogP contribution in [0.25, 0.3) is 70.9 Å². The third-order valence-electron chi connectivity index (χ3n) is 12.9. The molecule has 0 radical (unpaired) electrons. The summed E-state index contributed by atoms with van der Waals surface area (Å²) in [5.74, 6) is 0. The Kier molecular flexibility index (Phi) is 8.46. The van der Waals surface area contributed by atoms with Gasteiger partial charge in [-0.15, -0.1) is 0 Å². The summed E-state index contributed by atoms with van der Waals surface area (Å²) in [6.07, 6.45) is 0. The van der Waals surface area contributed by atoms with E-state index in [1.807, 2.05) is 11.8 Å². The van der Waals surface area contributed by atoms with Crippen LogP contribution in [0.2, 0.25) is 0 Å². The normalized spacial score (nSPS) is 12.3. The van der Waals surface area contributed by atoms with Gasteiger partial charge >= 0.3 is 0 Å². The molecule has 11 aromatic carbocycles. The maximum Gasteiger partial charge on any atom is 0.0602 e. The quantitative estimate of drug-likeness (QED) is 0.155. The van der Waals surface area contributed by atoms with E-state index in [4.69, 9.17) is 0 Å². The summed E-state index contributed by atoms with van der Waals surface area (Å²) in [5, 5.41) is 10.2. The van der Waals surface area contributed by atoms with Crippen molar-refractivity contribution in [2.75, 3.05) is 9.80 Å². The highest BCUT2D eigenvalue weighted by Crippen LogP contribution is 2.53. The molecule has 13 rings (SSSR count). The molecular formula is C60H39N3S. The first-order valence-electron chi connectivity index (χ1n) is 21.8. The lowest BCUT2D eigenvalue weighted by molar-refractivity contribution is 1.16. The molecule has 0 atom stereocenters. The summed E-state index contributed by atoms with van der Waals surface area (Å²) in [4.78, 5) is 7.19.